The van der Waals surface area contributed by atoms with Crippen LogP contribution in [0.3, 0.4) is 0 Å². The summed E-state index contributed by atoms with van der Waals surface area (Å²) in [5.41, 5.74) is 2.25. The number of para-hydroxylation sites is 1. The van der Waals surface area contributed by atoms with E-state index >= 15 is 0 Å². The Kier molecular flexibility index (Phi) is 7.13. The summed E-state index contributed by atoms with van der Waals surface area (Å²) in [4.78, 5) is 1.23. The summed E-state index contributed by atoms with van der Waals surface area (Å²) in [6.07, 6.45) is 0.832. The molecule has 0 atom stereocenters. The second-order valence-corrected chi connectivity index (χ2v) is 6.01. The summed E-state index contributed by atoms with van der Waals surface area (Å²) < 4.78 is 5.64. The van der Waals surface area contributed by atoms with Crippen LogP contribution in [0.4, 0.5) is 5.69 Å². The maximum Gasteiger partial charge on any atom is 0.124 e. The third-order valence-corrected chi connectivity index (χ3v) is 4.28. The van der Waals surface area contributed by atoms with E-state index in [4.69, 9.17) is 9.84 Å². The van der Waals surface area contributed by atoms with Crippen LogP contribution in [0.5, 0.6) is 5.75 Å². The molecule has 0 aliphatic heterocycles. The van der Waals surface area contributed by atoms with Crippen molar-refractivity contribution in [3.63, 3.8) is 0 Å². The summed E-state index contributed by atoms with van der Waals surface area (Å²) in [5.74, 6) is 1.89. The second kappa shape index (κ2) is 9.38. The van der Waals surface area contributed by atoms with Gasteiger partial charge in [0.25, 0.3) is 0 Å². The van der Waals surface area contributed by atoms with Gasteiger partial charge in [-0.05, 0) is 43.7 Å². The van der Waals surface area contributed by atoms with Crippen LogP contribution in [0.2, 0.25) is 0 Å². The van der Waals surface area contributed by atoms with Gasteiger partial charge in [-0.2, -0.15) is 0 Å². The number of rotatable bonds is 9. The Balaban J connectivity index is 1.89. The Morgan fingerprint density at radius 3 is 2.59 bits per heavy atom. The molecule has 0 saturated heterocycles. The average Bonchev–Trinajstić information content (AvgIpc) is 2.56. The molecule has 2 N–H and O–H groups in total. The molecule has 2 rings (SSSR count). The zero-order valence-corrected chi connectivity index (χ0v) is 13.7. The van der Waals surface area contributed by atoms with Crippen LogP contribution in [0, 0.1) is 0 Å². The van der Waals surface area contributed by atoms with Gasteiger partial charge in [-0.3, -0.25) is 0 Å². The number of hydrogen-bond acceptors (Lipinski definition) is 4. The molecule has 0 unspecified atom stereocenters. The van der Waals surface area contributed by atoms with Crippen LogP contribution < -0.4 is 10.1 Å². The molecular formula is C18H23NO2S. The van der Waals surface area contributed by atoms with Crippen LogP contribution in [-0.2, 0) is 6.54 Å². The maximum absolute atomic E-state index is 8.79. The number of thioether (sulfide) groups is 1. The summed E-state index contributed by atoms with van der Waals surface area (Å²) in [5, 5.41) is 12.2. The first-order valence-electron chi connectivity index (χ1n) is 7.61. The molecule has 2 aromatic rings. The Morgan fingerprint density at radius 1 is 1.09 bits per heavy atom. The predicted molar refractivity (Wildman–Crippen MR) is 93.8 cm³/mol. The topological polar surface area (TPSA) is 41.5 Å². The lowest BCUT2D eigenvalue weighted by Crippen LogP contribution is -2.03. The monoisotopic (exact) mass is 317 g/mol. The first-order valence-corrected chi connectivity index (χ1v) is 8.60. The van der Waals surface area contributed by atoms with Gasteiger partial charge in [0.2, 0.25) is 0 Å². The Hall–Kier alpha value is -1.65. The molecule has 3 nitrogen and oxygen atoms in total. The lowest BCUT2D eigenvalue weighted by molar-refractivity contribution is 0.296. The van der Waals surface area contributed by atoms with Crippen molar-refractivity contribution < 1.29 is 9.84 Å². The number of anilines is 1. The molecule has 0 fully saturated rings. The molecule has 0 bridgehead atoms. The standard InChI is InChI=1S/C18H23NO2S/c1-2-21-18-7-4-3-6-15(18)14-19-16-8-10-17(11-9-16)22-13-5-12-20/h3-4,6-11,19-20H,2,5,12-14H2,1H3. The molecule has 0 aromatic heterocycles. The number of aliphatic hydroxyl groups excluding tert-OH is 1. The number of benzene rings is 2. The van der Waals surface area contributed by atoms with Gasteiger partial charge in [-0.25, -0.2) is 0 Å². The minimum atomic E-state index is 0.256. The highest BCUT2D eigenvalue weighted by Gasteiger charge is 2.02. The molecule has 22 heavy (non-hydrogen) atoms. The van der Waals surface area contributed by atoms with Crippen LogP contribution in [0.15, 0.2) is 53.4 Å². The molecule has 2 aromatic carbocycles. The lowest BCUT2D eigenvalue weighted by atomic mass is 10.2. The van der Waals surface area contributed by atoms with E-state index in [0.717, 1.165) is 35.7 Å². The van der Waals surface area contributed by atoms with Gasteiger partial charge in [0.1, 0.15) is 5.75 Å². The minimum absolute atomic E-state index is 0.256. The lowest BCUT2D eigenvalue weighted by Gasteiger charge is -2.12. The van der Waals surface area contributed by atoms with E-state index < -0.39 is 0 Å². The van der Waals surface area contributed by atoms with Gasteiger partial charge in [0.15, 0.2) is 0 Å². The van der Waals surface area contributed by atoms with E-state index in [9.17, 15) is 0 Å². The highest BCUT2D eigenvalue weighted by Crippen LogP contribution is 2.23. The quantitative estimate of drug-likeness (QED) is 0.538. The smallest absolute Gasteiger partial charge is 0.124 e. The summed E-state index contributed by atoms with van der Waals surface area (Å²) >= 11 is 1.77. The molecule has 118 valence electrons. The van der Waals surface area contributed by atoms with Crippen LogP contribution in [-0.4, -0.2) is 24.1 Å². The highest BCUT2D eigenvalue weighted by molar-refractivity contribution is 7.99. The molecular weight excluding hydrogens is 294 g/mol. The maximum atomic E-state index is 8.79. The molecule has 0 amide bonds. The molecule has 0 saturated carbocycles. The zero-order chi connectivity index (χ0) is 15.6. The number of aliphatic hydroxyl groups is 1. The van der Waals surface area contributed by atoms with Crippen LogP contribution >= 0.6 is 11.8 Å². The largest absolute Gasteiger partial charge is 0.494 e. The van der Waals surface area contributed by atoms with Crippen molar-refractivity contribution in [1.29, 1.82) is 0 Å². The first kappa shape index (κ1) is 16.7. The SMILES string of the molecule is CCOc1ccccc1CNc1ccc(SCCCO)cc1. The van der Waals surface area contributed by atoms with E-state index in [1.165, 1.54) is 4.90 Å². The van der Waals surface area contributed by atoms with E-state index in [1.807, 2.05) is 25.1 Å². The first-order chi connectivity index (χ1) is 10.8. The van der Waals surface area contributed by atoms with Crippen LogP contribution in [0.25, 0.3) is 0 Å². The minimum Gasteiger partial charge on any atom is -0.494 e. The molecule has 0 heterocycles. The molecule has 0 aliphatic rings. The Labute approximate surface area is 136 Å². The van der Waals surface area contributed by atoms with Gasteiger partial charge in [0, 0.05) is 35.1 Å². The third kappa shape index (κ3) is 5.28. The van der Waals surface area contributed by atoms with Crippen LogP contribution in [0.1, 0.15) is 18.9 Å². The van der Waals surface area contributed by atoms with Crippen molar-refractivity contribution in [3.05, 3.63) is 54.1 Å². The van der Waals surface area contributed by atoms with Crippen molar-refractivity contribution in [2.75, 3.05) is 24.3 Å². The Morgan fingerprint density at radius 2 is 1.86 bits per heavy atom. The van der Waals surface area contributed by atoms with Crippen molar-refractivity contribution in [1.82, 2.24) is 0 Å². The van der Waals surface area contributed by atoms with Gasteiger partial charge in [-0.1, -0.05) is 18.2 Å². The normalized spacial score (nSPS) is 10.5. The molecule has 0 aliphatic carbocycles. The predicted octanol–water partition coefficient (Wildman–Crippen LogP) is 4.17. The van der Waals surface area contributed by atoms with E-state index in [2.05, 4.69) is 35.6 Å². The summed E-state index contributed by atoms with van der Waals surface area (Å²) in [7, 11) is 0. The number of nitrogens with one attached hydrogen (secondary N) is 1. The van der Waals surface area contributed by atoms with Crippen molar-refractivity contribution in [2.24, 2.45) is 0 Å². The number of ether oxygens (including phenoxy) is 1. The number of hydrogen-bond donors (Lipinski definition) is 2. The summed E-state index contributed by atoms with van der Waals surface area (Å²) in [6, 6.07) is 16.5. The van der Waals surface area contributed by atoms with E-state index in [0.29, 0.717) is 6.61 Å². The summed E-state index contributed by atoms with van der Waals surface area (Å²) in [6.45, 7) is 3.67. The van der Waals surface area contributed by atoms with Gasteiger partial charge >= 0.3 is 0 Å². The second-order valence-electron chi connectivity index (χ2n) is 4.84. The van der Waals surface area contributed by atoms with Crippen molar-refractivity contribution >= 4 is 17.4 Å². The van der Waals surface area contributed by atoms with E-state index in [-0.39, 0.29) is 6.61 Å². The fourth-order valence-electron chi connectivity index (χ4n) is 2.07. The van der Waals surface area contributed by atoms with E-state index in [1.54, 1.807) is 11.8 Å². The molecule has 0 spiro atoms. The fraction of sp³-hybridized carbons (Fsp3) is 0.333. The zero-order valence-electron chi connectivity index (χ0n) is 12.9. The molecule has 0 radical (unpaired) electrons. The van der Waals surface area contributed by atoms with Gasteiger partial charge < -0.3 is 15.2 Å². The van der Waals surface area contributed by atoms with Gasteiger partial charge in [-0.15, -0.1) is 11.8 Å². The fourth-order valence-corrected chi connectivity index (χ4v) is 2.90. The van der Waals surface area contributed by atoms with Crippen molar-refractivity contribution in [2.45, 2.75) is 24.8 Å². The molecule has 4 heteroatoms. The van der Waals surface area contributed by atoms with Crippen molar-refractivity contribution in [3.8, 4) is 5.75 Å². The van der Waals surface area contributed by atoms with Gasteiger partial charge in [0.05, 0.1) is 6.61 Å². The highest BCUT2D eigenvalue weighted by atomic mass is 32.2. The Bertz CT molecular complexity index is 557. The average molecular weight is 317 g/mol. The third-order valence-electron chi connectivity index (χ3n) is 3.18.